The van der Waals surface area contributed by atoms with Crippen molar-refractivity contribution < 1.29 is 19.4 Å². The molecule has 0 fully saturated rings. The van der Waals surface area contributed by atoms with Crippen LogP contribution in [-0.4, -0.2) is 17.0 Å². The SMILES string of the molecule is C=COC(=O)C=CCCCCCCCCCCCCCC(=O)O. The van der Waals surface area contributed by atoms with Gasteiger partial charge < -0.3 is 9.84 Å². The Kier molecular flexibility index (Phi) is 15.6. The second-order valence-electron chi connectivity index (χ2n) is 5.83. The Hall–Kier alpha value is -1.58. The van der Waals surface area contributed by atoms with Crippen LogP contribution in [0.4, 0.5) is 0 Å². The van der Waals surface area contributed by atoms with Gasteiger partial charge >= 0.3 is 11.9 Å². The van der Waals surface area contributed by atoms with Crippen LogP contribution in [0.1, 0.15) is 83.5 Å². The number of rotatable bonds is 16. The molecule has 0 aromatic heterocycles. The summed E-state index contributed by atoms with van der Waals surface area (Å²) in [5, 5.41) is 8.52. The van der Waals surface area contributed by atoms with Crippen molar-refractivity contribution in [2.45, 2.75) is 83.5 Å². The van der Waals surface area contributed by atoms with Crippen LogP contribution in [0.15, 0.2) is 25.0 Å². The van der Waals surface area contributed by atoms with Gasteiger partial charge in [0.25, 0.3) is 0 Å². The molecule has 0 aliphatic carbocycles. The van der Waals surface area contributed by atoms with E-state index in [1.807, 2.05) is 6.08 Å². The van der Waals surface area contributed by atoms with E-state index in [1.54, 1.807) is 0 Å². The number of unbranched alkanes of at least 4 members (excludes halogenated alkanes) is 11. The van der Waals surface area contributed by atoms with E-state index >= 15 is 0 Å². The van der Waals surface area contributed by atoms with Crippen LogP contribution in [0, 0.1) is 0 Å². The third-order valence-electron chi connectivity index (χ3n) is 3.71. The summed E-state index contributed by atoms with van der Waals surface area (Å²) in [6.07, 6.45) is 18.6. The number of allylic oxidation sites excluding steroid dienone is 1. The van der Waals surface area contributed by atoms with Gasteiger partial charge in [-0.3, -0.25) is 4.79 Å². The molecule has 0 radical (unpaired) electrons. The van der Waals surface area contributed by atoms with Gasteiger partial charge in [0.2, 0.25) is 0 Å². The van der Waals surface area contributed by atoms with Crippen LogP contribution >= 0.6 is 0 Å². The number of carbonyl (C=O) groups is 2. The number of esters is 1. The molecule has 0 spiro atoms. The van der Waals surface area contributed by atoms with Crippen LogP contribution in [0.5, 0.6) is 0 Å². The zero-order valence-electron chi connectivity index (χ0n) is 14.3. The zero-order valence-corrected chi connectivity index (χ0v) is 14.3. The maximum absolute atomic E-state index is 11.0. The fourth-order valence-corrected chi connectivity index (χ4v) is 2.43. The highest BCUT2D eigenvalue weighted by Crippen LogP contribution is 2.12. The molecule has 0 unspecified atom stereocenters. The van der Waals surface area contributed by atoms with Crippen molar-refractivity contribution in [2.24, 2.45) is 0 Å². The van der Waals surface area contributed by atoms with Crippen molar-refractivity contribution in [1.29, 1.82) is 0 Å². The van der Waals surface area contributed by atoms with Crippen molar-refractivity contribution in [1.82, 2.24) is 0 Å². The fourth-order valence-electron chi connectivity index (χ4n) is 2.43. The molecule has 132 valence electrons. The Morgan fingerprint density at radius 1 is 0.826 bits per heavy atom. The van der Waals surface area contributed by atoms with E-state index in [0.29, 0.717) is 6.42 Å². The second-order valence-corrected chi connectivity index (χ2v) is 5.83. The predicted molar refractivity (Wildman–Crippen MR) is 93.1 cm³/mol. The van der Waals surface area contributed by atoms with E-state index in [2.05, 4.69) is 11.3 Å². The number of hydrogen-bond acceptors (Lipinski definition) is 3. The second kappa shape index (κ2) is 16.8. The summed E-state index contributed by atoms with van der Waals surface area (Å²) in [5.41, 5.74) is 0. The smallest absolute Gasteiger partial charge is 0.335 e. The summed E-state index contributed by atoms with van der Waals surface area (Å²) in [6, 6.07) is 0. The van der Waals surface area contributed by atoms with Gasteiger partial charge in [-0.15, -0.1) is 0 Å². The van der Waals surface area contributed by atoms with Crippen molar-refractivity contribution in [3.05, 3.63) is 25.0 Å². The largest absolute Gasteiger partial charge is 0.481 e. The molecule has 0 amide bonds. The Morgan fingerprint density at radius 3 is 1.78 bits per heavy atom. The Bertz CT molecular complexity index is 347. The maximum atomic E-state index is 11.0. The van der Waals surface area contributed by atoms with Crippen molar-refractivity contribution in [3.63, 3.8) is 0 Å². The lowest BCUT2D eigenvalue weighted by Gasteiger charge is -2.02. The number of aliphatic carboxylic acids is 1. The zero-order chi connectivity index (χ0) is 17.2. The molecule has 23 heavy (non-hydrogen) atoms. The van der Waals surface area contributed by atoms with Gasteiger partial charge in [-0.25, -0.2) is 4.79 Å². The molecule has 0 rings (SSSR count). The van der Waals surface area contributed by atoms with Gasteiger partial charge in [0.1, 0.15) is 0 Å². The average Bonchev–Trinajstić information content (AvgIpc) is 2.51. The molecule has 0 aliphatic rings. The standard InChI is InChI=1S/C19H32O4/c1-2-23-19(22)17-15-13-11-9-7-5-3-4-6-8-10-12-14-16-18(20)21/h2,15,17H,1,3-14,16H2,(H,20,21). The van der Waals surface area contributed by atoms with Crippen LogP contribution in [-0.2, 0) is 14.3 Å². The first-order chi connectivity index (χ1) is 11.2. The molecular weight excluding hydrogens is 292 g/mol. The summed E-state index contributed by atoms with van der Waals surface area (Å²) in [4.78, 5) is 21.3. The summed E-state index contributed by atoms with van der Waals surface area (Å²) in [5.74, 6) is -1.04. The maximum Gasteiger partial charge on any atom is 0.335 e. The van der Waals surface area contributed by atoms with E-state index < -0.39 is 5.97 Å². The predicted octanol–water partition coefficient (Wildman–Crippen LogP) is 5.39. The highest BCUT2D eigenvalue weighted by Gasteiger charge is 1.97. The number of hydrogen-bond donors (Lipinski definition) is 1. The first kappa shape index (κ1) is 21.4. The van der Waals surface area contributed by atoms with Gasteiger partial charge in [0, 0.05) is 12.5 Å². The third kappa shape index (κ3) is 18.4. The van der Waals surface area contributed by atoms with E-state index in [0.717, 1.165) is 38.4 Å². The molecule has 0 saturated carbocycles. The van der Waals surface area contributed by atoms with Gasteiger partial charge in [-0.05, 0) is 19.3 Å². The highest BCUT2D eigenvalue weighted by molar-refractivity contribution is 5.82. The van der Waals surface area contributed by atoms with Crippen molar-refractivity contribution in [2.75, 3.05) is 0 Å². The summed E-state index contributed by atoms with van der Waals surface area (Å²) < 4.78 is 4.58. The molecule has 4 heteroatoms. The molecule has 1 N–H and O–H groups in total. The molecule has 0 bridgehead atoms. The molecule has 0 atom stereocenters. The van der Waals surface area contributed by atoms with Crippen LogP contribution in [0.3, 0.4) is 0 Å². The monoisotopic (exact) mass is 324 g/mol. The normalized spacial score (nSPS) is 10.8. The molecule has 0 saturated heterocycles. The Balaban J connectivity index is 3.15. The van der Waals surface area contributed by atoms with E-state index in [9.17, 15) is 9.59 Å². The van der Waals surface area contributed by atoms with E-state index in [1.165, 1.54) is 51.0 Å². The highest BCUT2D eigenvalue weighted by atomic mass is 16.5. The molecule has 0 aliphatic heterocycles. The molecule has 4 nitrogen and oxygen atoms in total. The number of carbonyl (C=O) groups excluding carboxylic acids is 1. The lowest BCUT2D eigenvalue weighted by atomic mass is 10.0. The number of ether oxygens (including phenoxy) is 1. The van der Waals surface area contributed by atoms with E-state index in [-0.39, 0.29) is 5.97 Å². The lowest BCUT2D eigenvalue weighted by Crippen LogP contribution is -1.93. The minimum atomic E-state index is -0.683. The van der Waals surface area contributed by atoms with Gasteiger partial charge in [0.05, 0.1) is 6.26 Å². The first-order valence-corrected chi connectivity index (χ1v) is 8.86. The molecule has 0 aromatic rings. The Morgan fingerprint density at radius 2 is 1.30 bits per heavy atom. The minimum Gasteiger partial charge on any atom is -0.481 e. The molecule has 0 heterocycles. The summed E-state index contributed by atoms with van der Waals surface area (Å²) in [7, 11) is 0. The molecular formula is C19H32O4. The van der Waals surface area contributed by atoms with Crippen LogP contribution < -0.4 is 0 Å². The van der Waals surface area contributed by atoms with Gasteiger partial charge in [0.15, 0.2) is 0 Å². The van der Waals surface area contributed by atoms with Crippen LogP contribution in [0.25, 0.3) is 0 Å². The summed E-state index contributed by atoms with van der Waals surface area (Å²) in [6.45, 7) is 3.33. The lowest BCUT2D eigenvalue weighted by molar-refractivity contribution is -0.137. The number of carboxylic acids is 1. The van der Waals surface area contributed by atoms with E-state index in [4.69, 9.17) is 5.11 Å². The topological polar surface area (TPSA) is 63.6 Å². The van der Waals surface area contributed by atoms with Gasteiger partial charge in [-0.1, -0.05) is 70.4 Å². The first-order valence-electron chi connectivity index (χ1n) is 8.86. The van der Waals surface area contributed by atoms with Crippen molar-refractivity contribution in [3.8, 4) is 0 Å². The average molecular weight is 324 g/mol. The van der Waals surface area contributed by atoms with Gasteiger partial charge in [-0.2, -0.15) is 0 Å². The minimum absolute atomic E-state index is 0.310. The van der Waals surface area contributed by atoms with Crippen LogP contribution in [0.2, 0.25) is 0 Å². The number of carboxylic acid groups (broad SMARTS) is 1. The summed E-state index contributed by atoms with van der Waals surface area (Å²) >= 11 is 0. The Labute approximate surface area is 140 Å². The fraction of sp³-hybridized carbons (Fsp3) is 0.684. The van der Waals surface area contributed by atoms with Crippen molar-refractivity contribution >= 4 is 11.9 Å². The third-order valence-corrected chi connectivity index (χ3v) is 3.71. The quantitative estimate of drug-likeness (QED) is 0.179. The molecule has 0 aromatic carbocycles.